The van der Waals surface area contributed by atoms with Crippen LogP contribution in [0.15, 0.2) is 21.2 Å². The average molecular weight is 274 g/mol. The van der Waals surface area contributed by atoms with Crippen molar-refractivity contribution in [3.63, 3.8) is 0 Å². The predicted molar refractivity (Wildman–Crippen MR) is 57.4 cm³/mol. The second-order valence-electron chi connectivity index (χ2n) is 3.75. The highest BCUT2D eigenvalue weighted by Crippen LogP contribution is 2.23. The minimum atomic E-state index is -0.698. The van der Waals surface area contributed by atoms with E-state index in [1.165, 1.54) is 0 Å². The standard InChI is InChI=1S/C10H12BrNO3/c11-8-2-4-15-9(8)6-12-3-1-7(5-12)10(13)14/h2,4,7H,1,3,5-6H2,(H,13,14). The van der Waals surface area contributed by atoms with E-state index in [1.807, 2.05) is 6.07 Å². The van der Waals surface area contributed by atoms with Crippen LogP contribution in [0, 0.1) is 5.92 Å². The van der Waals surface area contributed by atoms with Gasteiger partial charge in [0.2, 0.25) is 0 Å². The lowest BCUT2D eigenvalue weighted by Crippen LogP contribution is -2.22. The highest BCUT2D eigenvalue weighted by Gasteiger charge is 2.28. The first kappa shape index (κ1) is 10.7. The zero-order valence-corrected chi connectivity index (χ0v) is 9.74. The molecule has 1 unspecified atom stereocenters. The molecule has 1 aliphatic rings. The maximum Gasteiger partial charge on any atom is 0.307 e. The quantitative estimate of drug-likeness (QED) is 0.915. The number of hydrogen-bond donors (Lipinski definition) is 1. The molecule has 5 heteroatoms. The molecule has 82 valence electrons. The molecule has 15 heavy (non-hydrogen) atoms. The first-order valence-electron chi connectivity index (χ1n) is 4.84. The zero-order chi connectivity index (χ0) is 10.8. The van der Waals surface area contributed by atoms with Gasteiger partial charge in [-0.1, -0.05) is 0 Å². The van der Waals surface area contributed by atoms with Crippen LogP contribution < -0.4 is 0 Å². The maximum atomic E-state index is 10.8. The molecule has 2 rings (SSSR count). The Labute approximate surface area is 96.0 Å². The van der Waals surface area contributed by atoms with E-state index < -0.39 is 5.97 Å². The second-order valence-corrected chi connectivity index (χ2v) is 4.61. The van der Waals surface area contributed by atoms with Gasteiger partial charge in [-0.15, -0.1) is 0 Å². The molecule has 0 bridgehead atoms. The average Bonchev–Trinajstić information content (AvgIpc) is 2.77. The molecule has 0 aromatic carbocycles. The Morgan fingerprint density at radius 1 is 1.73 bits per heavy atom. The molecule has 0 amide bonds. The van der Waals surface area contributed by atoms with E-state index in [1.54, 1.807) is 6.26 Å². The second kappa shape index (κ2) is 4.37. The van der Waals surface area contributed by atoms with Gasteiger partial charge < -0.3 is 9.52 Å². The van der Waals surface area contributed by atoms with E-state index in [-0.39, 0.29) is 5.92 Å². The monoisotopic (exact) mass is 273 g/mol. The van der Waals surface area contributed by atoms with Crippen molar-refractivity contribution >= 4 is 21.9 Å². The van der Waals surface area contributed by atoms with Gasteiger partial charge in [0, 0.05) is 6.54 Å². The van der Waals surface area contributed by atoms with Gasteiger partial charge in [-0.2, -0.15) is 0 Å². The molecular formula is C10H12BrNO3. The Morgan fingerprint density at radius 2 is 2.53 bits per heavy atom. The first-order chi connectivity index (χ1) is 7.16. The molecule has 1 aromatic rings. The van der Waals surface area contributed by atoms with E-state index >= 15 is 0 Å². The Morgan fingerprint density at radius 3 is 3.07 bits per heavy atom. The SMILES string of the molecule is O=C(O)C1CCN(Cc2occc2Br)C1. The van der Waals surface area contributed by atoms with E-state index in [4.69, 9.17) is 9.52 Å². The van der Waals surface area contributed by atoms with Gasteiger partial charge >= 0.3 is 5.97 Å². The van der Waals surface area contributed by atoms with Crippen LogP contribution in [-0.2, 0) is 11.3 Å². The Bertz CT molecular complexity index is 363. The molecule has 0 spiro atoms. The summed E-state index contributed by atoms with van der Waals surface area (Å²) in [4.78, 5) is 12.9. The number of carboxylic acid groups (broad SMARTS) is 1. The van der Waals surface area contributed by atoms with Gasteiger partial charge in [-0.25, -0.2) is 0 Å². The minimum absolute atomic E-state index is 0.223. The van der Waals surface area contributed by atoms with Gasteiger partial charge in [0.1, 0.15) is 5.76 Å². The summed E-state index contributed by atoms with van der Waals surface area (Å²) in [7, 11) is 0. The molecule has 2 heterocycles. The molecular weight excluding hydrogens is 262 g/mol. The fourth-order valence-corrected chi connectivity index (χ4v) is 2.15. The third kappa shape index (κ3) is 2.41. The van der Waals surface area contributed by atoms with Gasteiger partial charge in [-0.3, -0.25) is 9.69 Å². The van der Waals surface area contributed by atoms with Gasteiger partial charge in [0.25, 0.3) is 0 Å². The van der Waals surface area contributed by atoms with Crippen LogP contribution in [-0.4, -0.2) is 29.1 Å². The predicted octanol–water partition coefficient (Wildman–Crippen LogP) is 1.95. The van der Waals surface area contributed by atoms with Crippen molar-refractivity contribution in [3.05, 3.63) is 22.6 Å². The number of nitrogens with zero attached hydrogens (tertiary/aromatic N) is 1. The van der Waals surface area contributed by atoms with Crippen molar-refractivity contribution in [2.24, 2.45) is 5.92 Å². The van der Waals surface area contributed by atoms with Crippen LogP contribution in [0.1, 0.15) is 12.2 Å². The van der Waals surface area contributed by atoms with Crippen LogP contribution in [0.2, 0.25) is 0 Å². The van der Waals surface area contributed by atoms with Crippen LogP contribution >= 0.6 is 15.9 Å². The number of aliphatic carboxylic acids is 1. The largest absolute Gasteiger partial charge is 0.481 e. The zero-order valence-electron chi connectivity index (χ0n) is 8.15. The van der Waals surface area contributed by atoms with E-state index in [9.17, 15) is 4.79 Å². The first-order valence-corrected chi connectivity index (χ1v) is 5.63. The summed E-state index contributed by atoms with van der Waals surface area (Å²) in [6.07, 6.45) is 2.36. The van der Waals surface area contributed by atoms with Crippen molar-refractivity contribution in [3.8, 4) is 0 Å². The minimum Gasteiger partial charge on any atom is -0.481 e. The van der Waals surface area contributed by atoms with E-state index in [0.717, 1.165) is 23.2 Å². The fraction of sp³-hybridized carbons (Fsp3) is 0.500. The third-order valence-corrected chi connectivity index (χ3v) is 3.39. The third-order valence-electron chi connectivity index (χ3n) is 2.68. The number of rotatable bonds is 3. The molecule has 0 aliphatic carbocycles. The van der Waals surface area contributed by atoms with Gasteiger partial charge in [0.05, 0.1) is 23.2 Å². The molecule has 0 saturated carbocycles. The van der Waals surface area contributed by atoms with Gasteiger partial charge in [-0.05, 0) is 35.0 Å². The molecule has 1 aromatic heterocycles. The summed E-state index contributed by atoms with van der Waals surface area (Å²) in [5.41, 5.74) is 0. The Balaban J connectivity index is 1.93. The van der Waals surface area contributed by atoms with Crippen molar-refractivity contribution in [2.45, 2.75) is 13.0 Å². The van der Waals surface area contributed by atoms with Crippen LogP contribution in [0.3, 0.4) is 0 Å². The lowest BCUT2D eigenvalue weighted by atomic mass is 10.1. The summed E-state index contributed by atoms with van der Waals surface area (Å²) in [6, 6.07) is 1.85. The number of halogens is 1. The maximum absolute atomic E-state index is 10.8. The van der Waals surface area contributed by atoms with Crippen LogP contribution in [0.25, 0.3) is 0 Å². The summed E-state index contributed by atoms with van der Waals surface area (Å²) >= 11 is 3.38. The highest BCUT2D eigenvalue weighted by molar-refractivity contribution is 9.10. The Kier molecular flexibility index (Phi) is 3.11. The molecule has 1 N–H and O–H groups in total. The number of likely N-dealkylation sites (tertiary alicyclic amines) is 1. The number of furan rings is 1. The summed E-state index contributed by atoms with van der Waals surface area (Å²) in [5, 5.41) is 8.85. The fourth-order valence-electron chi connectivity index (χ4n) is 1.82. The van der Waals surface area contributed by atoms with Crippen LogP contribution in [0.5, 0.6) is 0 Å². The molecule has 1 atom stereocenters. The number of hydrogen-bond acceptors (Lipinski definition) is 3. The molecule has 0 radical (unpaired) electrons. The topological polar surface area (TPSA) is 53.7 Å². The van der Waals surface area contributed by atoms with Crippen LogP contribution in [0.4, 0.5) is 0 Å². The van der Waals surface area contributed by atoms with Crippen molar-refractivity contribution < 1.29 is 14.3 Å². The number of carbonyl (C=O) groups is 1. The van der Waals surface area contributed by atoms with Crippen molar-refractivity contribution in [2.75, 3.05) is 13.1 Å². The van der Waals surface area contributed by atoms with E-state index in [0.29, 0.717) is 13.1 Å². The normalized spacial score (nSPS) is 22.1. The highest BCUT2D eigenvalue weighted by atomic mass is 79.9. The van der Waals surface area contributed by atoms with E-state index in [2.05, 4.69) is 20.8 Å². The number of carboxylic acids is 1. The lowest BCUT2D eigenvalue weighted by molar-refractivity contribution is -0.141. The lowest BCUT2D eigenvalue weighted by Gasteiger charge is -2.13. The molecule has 1 aliphatic heterocycles. The van der Waals surface area contributed by atoms with Gasteiger partial charge in [0.15, 0.2) is 0 Å². The molecule has 1 fully saturated rings. The summed E-state index contributed by atoms with van der Waals surface area (Å²) < 4.78 is 6.23. The molecule has 4 nitrogen and oxygen atoms in total. The summed E-state index contributed by atoms with van der Waals surface area (Å²) in [6.45, 7) is 2.12. The summed E-state index contributed by atoms with van der Waals surface area (Å²) in [5.74, 6) is -0.0595. The van der Waals surface area contributed by atoms with Crippen molar-refractivity contribution in [1.82, 2.24) is 4.90 Å². The van der Waals surface area contributed by atoms with Crippen molar-refractivity contribution in [1.29, 1.82) is 0 Å². The smallest absolute Gasteiger partial charge is 0.307 e. The Hall–Kier alpha value is -0.810. The molecule has 1 saturated heterocycles.